The van der Waals surface area contributed by atoms with Gasteiger partial charge in [-0.3, -0.25) is 14.9 Å². The number of carbonyl (C=O) groups excluding carboxylic acids is 2. The molecule has 1 aliphatic rings. The molecule has 0 bridgehead atoms. The van der Waals surface area contributed by atoms with Crippen molar-refractivity contribution in [3.63, 3.8) is 0 Å². The van der Waals surface area contributed by atoms with E-state index in [1.54, 1.807) is 4.90 Å². The molecule has 1 aliphatic heterocycles. The van der Waals surface area contributed by atoms with Gasteiger partial charge in [-0.1, -0.05) is 30.3 Å². The second-order valence-electron chi connectivity index (χ2n) is 5.83. The SMILES string of the molecule is O=C(Nc1nc2ccccc2[nH]1)C1CC(=O)N(c2ccccc2)C1. The van der Waals surface area contributed by atoms with Crippen LogP contribution in [0.5, 0.6) is 0 Å². The number of aromatic nitrogens is 2. The van der Waals surface area contributed by atoms with Gasteiger partial charge in [0.25, 0.3) is 0 Å². The van der Waals surface area contributed by atoms with Crippen molar-refractivity contribution in [1.82, 2.24) is 9.97 Å². The average Bonchev–Trinajstić information content (AvgIpc) is 3.18. The van der Waals surface area contributed by atoms with E-state index < -0.39 is 0 Å². The number of carbonyl (C=O) groups is 2. The van der Waals surface area contributed by atoms with Crippen molar-refractivity contribution in [1.29, 1.82) is 0 Å². The number of aromatic amines is 1. The van der Waals surface area contributed by atoms with Gasteiger partial charge >= 0.3 is 0 Å². The van der Waals surface area contributed by atoms with E-state index in [1.165, 1.54) is 0 Å². The van der Waals surface area contributed by atoms with Crippen molar-refractivity contribution in [3.8, 4) is 0 Å². The Morgan fingerprint density at radius 3 is 2.67 bits per heavy atom. The van der Waals surface area contributed by atoms with Crippen LogP contribution in [0.25, 0.3) is 11.0 Å². The molecule has 1 aromatic heterocycles. The summed E-state index contributed by atoms with van der Waals surface area (Å²) in [4.78, 5) is 33.7. The monoisotopic (exact) mass is 320 g/mol. The molecule has 0 radical (unpaired) electrons. The molecular formula is C18H16N4O2. The van der Waals surface area contributed by atoms with Crippen molar-refractivity contribution >= 4 is 34.5 Å². The van der Waals surface area contributed by atoms with Crippen LogP contribution in [0.1, 0.15) is 6.42 Å². The number of rotatable bonds is 3. The standard InChI is InChI=1S/C18H16N4O2/c23-16-10-12(11-22(16)13-6-2-1-3-7-13)17(24)21-18-19-14-8-4-5-9-15(14)20-18/h1-9,12H,10-11H2,(H2,19,20,21,24). The van der Waals surface area contributed by atoms with Crippen LogP contribution in [-0.2, 0) is 9.59 Å². The highest BCUT2D eigenvalue weighted by atomic mass is 16.2. The number of para-hydroxylation sites is 3. The zero-order valence-electron chi connectivity index (χ0n) is 12.9. The van der Waals surface area contributed by atoms with E-state index in [4.69, 9.17) is 0 Å². The third-order valence-electron chi connectivity index (χ3n) is 4.19. The smallest absolute Gasteiger partial charge is 0.232 e. The van der Waals surface area contributed by atoms with E-state index in [9.17, 15) is 9.59 Å². The molecule has 3 aromatic rings. The van der Waals surface area contributed by atoms with Crippen LogP contribution in [0.15, 0.2) is 54.6 Å². The van der Waals surface area contributed by atoms with Crippen LogP contribution in [0.4, 0.5) is 11.6 Å². The van der Waals surface area contributed by atoms with Gasteiger partial charge in [-0.05, 0) is 24.3 Å². The molecule has 6 nitrogen and oxygen atoms in total. The molecule has 4 rings (SSSR count). The number of fused-ring (bicyclic) bond motifs is 1. The Morgan fingerprint density at radius 2 is 1.88 bits per heavy atom. The zero-order valence-corrected chi connectivity index (χ0v) is 12.9. The summed E-state index contributed by atoms with van der Waals surface area (Å²) in [6.07, 6.45) is 0.209. The quantitative estimate of drug-likeness (QED) is 0.778. The third-order valence-corrected chi connectivity index (χ3v) is 4.19. The number of hydrogen-bond donors (Lipinski definition) is 2. The number of imidazole rings is 1. The Bertz CT molecular complexity index is 871. The highest BCUT2D eigenvalue weighted by molar-refractivity contribution is 6.03. The summed E-state index contributed by atoms with van der Waals surface area (Å²) >= 11 is 0. The summed E-state index contributed by atoms with van der Waals surface area (Å²) in [6.45, 7) is 0.384. The van der Waals surface area contributed by atoms with Gasteiger partial charge in [-0.2, -0.15) is 0 Å². The van der Waals surface area contributed by atoms with Gasteiger partial charge in [0.15, 0.2) is 0 Å². The molecule has 0 aliphatic carbocycles. The first-order valence-corrected chi connectivity index (χ1v) is 7.82. The zero-order chi connectivity index (χ0) is 16.5. The lowest BCUT2D eigenvalue weighted by Crippen LogP contribution is -2.28. The van der Waals surface area contributed by atoms with Crippen molar-refractivity contribution in [2.45, 2.75) is 6.42 Å². The molecule has 1 fully saturated rings. The fourth-order valence-corrected chi connectivity index (χ4v) is 2.97. The van der Waals surface area contributed by atoms with Crippen molar-refractivity contribution in [2.75, 3.05) is 16.8 Å². The Balaban J connectivity index is 1.48. The molecule has 2 N–H and O–H groups in total. The Labute approximate surface area is 138 Å². The maximum atomic E-state index is 12.5. The minimum atomic E-state index is -0.383. The Hall–Kier alpha value is -3.15. The lowest BCUT2D eigenvalue weighted by molar-refractivity contribution is -0.122. The fourth-order valence-electron chi connectivity index (χ4n) is 2.97. The van der Waals surface area contributed by atoms with Gasteiger partial charge in [-0.25, -0.2) is 4.98 Å². The van der Waals surface area contributed by atoms with Crippen LogP contribution >= 0.6 is 0 Å². The Morgan fingerprint density at radius 1 is 1.12 bits per heavy atom. The molecule has 0 spiro atoms. The van der Waals surface area contributed by atoms with Gasteiger partial charge in [0.05, 0.1) is 17.0 Å². The van der Waals surface area contributed by atoms with Crippen LogP contribution in [0.3, 0.4) is 0 Å². The number of nitrogens with one attached hydrogen (secondary N) is 2. The van der Waals surface area contributed by atoms with Crippen molar-refractivity contribution < 1.29 is 9.59 Å². The number of amides is 2. The molecule has 2 amide bonds. The van der Waals surface area contributed by atoms with E-state index in [-0.39, 0.29) is 24.2 Å². The summed E-state index contributed by atoms with van der Waals surface area (Å²) in [7, 11) is 0. The predicted molar refractivity (Wildman–Crippen MR) is 91.6 cm³/mol. The number of benzene rings is 2. The van der Waals surface area contributed by atoms with Crippen LogP contribution in [-0.4, -0.2) is 28.3 Å². The van der Waals surface area contributed by atoms with E-state index in [2.05, 4.69) is 15.3 Å². The lowest BCUT2D eigenvalue weighted by atomic mass is 10.1. The van der Waals surface area contributed by atoms with E-state index >= 15 is 0 Å². The number of anilines is 2. The maximum Gasteiger partial charge on any atom is 0.232 e. The third kappa shape index (κ3) is 2.62. The molecule has 2 heterocycles. The van der Waals surface area contributed by atoms with Gasteiger partial charge < -0.3 is 9.88 Å². The molecular weight excluding hydrogens is 304 g/mol. The van der Waals surface area contributed by atoms with Crippen LogP contribution in [0, 0.1) is 5.92 Å². The molecule has 1 unspecified atom stereocenters. The van der Waals surface area contributed by atoms with Gasteiger partial charge in [0.1, 0.15) is 0 Å². The van der Waals surface area contributed by atoms with E-state index in [1.807, 2.05) is 54.6 Å². The Kier molecular flexibility index (Phi) is 3.49. The van der Waals surface area contributed by atoms with E-state index in [0.717, 1.165) is 16.7 Å². The van der Waals surface area contributed by atoms with Crippen LogP contribution < -0.4 is 10.2 Å². The predicted octanol–water partition coefficient (Wildman–Crippen LogP) is 2.55. The van der Waals surface area contributed by atoms with Gasteiger partial charge in [0.2, 0.25) is 17.8 Å². The molecule has 120 valence electrons. The summed E-state index contributed by atoms with van der Waals surface area (Å²) in [6, 6.07) is 17.0. The largest absolute Gasteiger partial charge is 0.324 e. The summed E-state index contributed by atoms with van der Waals surface area (Å²) in [5.41, 5.74) is 2.48. The minimum Gasteiger partial charge on any atom is -0.324 e. The normalized spacial score (nSPS) is 17.4. The molecule has 24 heavy (non-hydrogen) atoms. The van der Waals surface area contributed by atoms with Crippen LogP contribution in [0.2, 0.25) is 0 Å². The molecule has 0 saturated carbocycles. The maximum absolute atomic E-state index is 12.5. The average molecular weight is 320 g/mol. The highest BCUT2D eigenvalue weighted by Gasteiger charge is 2.35. The summed E-state index contributed by atoms with van der Waals surface area (Å²) in [5.74, 6) is -0.204. The number of H-pyrrole nitrogens is 1. The first kappa shape index (κ1) is 14.4. The topological polar surface area (TPSA) is 78.1 Å². The van der Waals surface area contributed by atoms with Crippen molar-refractivity contribution in [3.05, 3.63) is 54.6 Å². The fraction of sp³-hybridized carbons (Fsp3) is 0.167. The lowest BCUT2D eigenvalue weighted by Gasteiger charge is -2.16. The summed E-state index contributed by atoms with van der Waals surface area (Å²) < 4.78 is 0. The first-order chi connectivity index (χ1) is 11.7. The number of nitrogens with zero attached hydrogens (tertiary/aromatic N) is 2. The minimum absolute atomic E-state index is 0.0362. The molecule has 1 saturated heterocycles. The molecule has 6 heteroatoms. The van der Waals surface area contributed by atoms with E-state index in [0.29, 0.717) is 12.5 Å². The first-order valence-electron chi connectivity index (χ1n) is 7.82. The second kappa shape index (κ2) is 5.81. The molecule has 1 atom stereocenters. The highest BCUT2D eigenvalue weighted by Crippen LogP contribution is 2.25. The number of hydrogen-bond acceptors (Lipinski definition) is 3. The van der Waals surface area contributed by atoms with Gasteiger partial charge in [-0.15, -0.1) is 0 Å². The molecule has 2 aromatic carbocycles. The van der Waals surface area contributed by atoms with Crippen molar-refractivity contribution in [2.24, 2.45) is 5.92 Å². The summed E-state index contributed by atoms with van der Waals surface area (Å²) in [5, 5.41) is 2.78. The van der Waals surface area contributed by atoms with Gasteiger partial charge in [0, 0.05) is 18.7 Å². The second-order valence-corrected chi connectivity index (χ2v) is 5.83.